The maximum atomic E-state index is 12.0. The standard InChI is InChI=1S/C17H20ClNO2S2/c1-14-4-2-3-5-16(14)12-22-11-10-19-23(20,21)13-15-6-8-17(18)9-7-15/h2-9,19H,10-13H2,1H3. The number of thioether (sulfide) groups is 1. The molecule has 0 aliphatic carbocycles. The Morgan fingerprint density at radius 2 is 1.78 bits per heavy atom. The smallest absolute Gasteiger partial charge is 0.214 e. The van der Waals surface area contributed by atoms with E-state index in [1.54, 1.807) is 36.0 Å². The van der Waals surface area contributed by atoms with Crippen molar-refractivity contribution in [3.05, 3.63) is 70.2 Å². The molecule has 0 atom stereocenters. The van der Waals surface area contributed by atoms with Crippen LogP contribution in [0.5, 0.6) is 0 Å². The molecule has 2 aromatic rings. The second-order valence-corrected chi connectivity index (χ2v) is 8.61. The maximum Gasteiger partial charge on any atom is 0.215 e. The third-order valence-corrected chi connectivity index (χ3v) is 5.97. The summed E-state index contributed by atoms with van der Waals surface area (Å²) in [4.78, 5) is 0. The number of rotatable bonds is 8. The number of benzene rings is 2. The highest BCUT2D eigenvalue weighted by Gasteiger charge is 2.10. The van der Waals surface area contributed by atoms with E-state index >= 15 is 0 Å². The topological polar surface area (TPSA) is 46.2 Å². The van der Waals surface area contributed by atoms with Gasteiger partial charge in [-0.3, -0.25) is 0 Å². The molecule has 0 heterocycles. The summed E-state index contributed by atoms with van der Waals surface area (Å²) in [6.45, 7) is 2.52. The monoisotopic (exact) mass is 369 g/mol. The molecule has 0 aliphatic rings. The van der Waals surface area contributed by atoms with Gasteiger partial charge in [-0.1, -0.05) is 48.0 Å². The fourth-order valence-corrected chi connectivity index (χ4v) is 4.41. The van der Waals surface area contributed by atoms with Crippen LogP contribution in [-0.4, -0.2) is 20.7 Å². The third-order valence-electron chi connectivity index (χ3n) is 3.36. The largest absolute Gasteiger partial charge is 0.215 e. The molecule has 2 aromatic carbocycles. The molecular weight excluding hydrogens is 350 g/mol. The lowest BCUT2D eigenvalue weighted by Crippen LogP contribution is -2.27. The molecule has 0 aliphatic heterocycles. The van der Waals surface area contributed by atoms with Crippen LogP contribution in [-0.2, 0) is 21.5 Å². The summed E-state index contributed by atoms with van der Waals surface area (Å²) in [5.41, 5.74) is 3.29. The first-order chi connectivity index (χ1) is 11.0. The van der Waals surface area contributed by atoms with Crippen LogP contribution in [0.2, 0.25) is 5.02 Å². The molecule has 124 valence electrons. The number of aryl methyl sites for hydroxylation is 1. The molecule has 2 rings (SSSR count). The minimum Gasteiger partial charge on any atom is -0.214 e. The second-order valence-electron chi connectivity index (χ2n) is 5.26. The van der Waals surface area contributed by atoms with Crippen LogP contribution >= 0.6 is 23.4 Å². The Kier molecular flexibility index (Phi) is 6.96. The van der Waals surface area contributed by atoms with Crippen molar-refractivity contribution in [2.24, 2.45) is 0 Å². The van der Waals surface area contributed by atoms with Gasteiger partial charge < -0.3 is 0 Å². The Bertz CT molecular complexity index is 731. The summed E-state index contributed by atoms with van der Waals surface area (Å²) < 4.78 is 26.7. The number of hydrogen-bond acceptors (Lipinski definition) is 3. The van der Waals surface area contributed by atoms with Gasteiger partial charge in [0, 0.05) is 23.1 Å². The summed E-state index contributed by atoms with van der Waals surface area (Å²) in [5, 5.41) is 0.603. The lowest BCUT2D eigenvalue weighted by atomic mass is 10.1. The molecule has 0 amide bonds. The Morgan fingerprint density at radius 3 is 2.48 bits per heavy atom. The Labute approximate surface area is 147 Å². The summed E-state index contributed by atoms with van der Waals surface area (Å²) >= 11 is 7.52. The summed E-state index contributed by atoms with van der Waals surface area (Å²) in [6, 6.07) is 15.1. The van der Waals surface area contributed by atoms with Crippen molar-refractivity contribution in [1.29, 1.82) is 0 Å². The fourth-order valence-electron chi connectivity index (χ4n) is 2.07. The molecule has 0 spiro atoms. The van der Waals surface area contributed by atoms with E-state index in [2.05, 4.69) is 23.8 Å². The highest BCUT2D eigenvalue weighted by Crippen LogP contribution is 2.15. The molecule has 0 radical (unpaired) electrons. The maximum absolute atomic E-state index is 12.0. The van der Waals surface area contributed by atoms with Crippen molar-refractivity contribution in [2.75, 3.05) is 12.3 Å². The highest BCUT2D eigenvalue weighted by molar-refractivity contribution is 7.98. The molecule has 0 aromatic heterocycles. The van der Waals surface area contributed by atoms with Gasteiger partial charge in [-0.25, -0.2) is 13.1 Å². The number of nitrogens with one attached hydrogen (secondary N) is 1. The lowest BCUT2D eigenvalue weighted by Gasteiger charge is -2.08. The average Bonchev–Trinajstić information content (AvgIpc) is 2.51. The van der Waals surface area contributed by atoms with E-state index in [0.717, 1.165) is 17.1 Å². The van der Waals surface area contributed by atoms with Crippen molar-refractivity contribution in [3.8, 4) is 0 Å². The van der Waals surface area contributed by atoms with Gasteiger partial charge in [-0.05, 0) is 35.7 Å². The van der Waals surface area contributed by atoms with E-state index in [0.29, 0.717) is 11.6 Å². The Balaban J connectivity index is 1.72. The van der Waals surface area contributed by atoms with Gasteiger partial charge in [0.2, 0.25) is 10.0 Å². The Morgan fingerprint density at radius 1 is 1.09 bits per heavy atom. The summed E-state index contributed by atoms with van der Waals surface area (Å²) in [5.74, 6) is 1.62. The zero-order valence-electron chi connectivity index (χ0n) is 13.0. The van der Waals surface area contributed by atoms with Gasteiger partial charge in [-0.2, -0.15) is 11.8 Å². The fraction of sp³-hybridized carbons (Fsp3) is 0.294. The Hall–Kier alpha value is -1.01. The molecule has 0 saturated heterocycles. The van der Waals surface area contributed by atoms with Crippen LogP contribution in [0.25, 0.3) is 0 Å². The first-order valence-corrected chi connectivity index (χ1v) is 10.5. The molecule has 6 heteroatoms. The van der Waals surface area contributed by atoms with Crippen molar-refractivity contribution < 1.29 is 8.42 Å². The molecule has 23 heavy (non-hydrogen) atoms. The van der Waals surface area contributed by atoms with Crippen LogP contribution in [0.3, 0.4) is 0 Å². The van der Waals surface area contributed by atoms with Crippen LogP contribution in [0.15, 0.2) is 48.5 Å². The molecule has 0 bridgehead atoms. The first-order valence-electron chi connectivity index (χ1n) is 7.30. The van der Waals surface area contributed by atoms with Crippen LogP contribution in [0.4, 0.5) is 0 Å². The van der Waals surface area contributed by atoms with Crippen molar-refractivity contribution in [3.63, 3.8) is 0 Å². The molecule has 0 fully saturated rings. The zero-order valence-corrected chi connectivity index (χ0v) is 15.3. The zero-order chi connectivity index (χ0) is 16.7. The first kappa shape index (κ1) is 18.3. The van der Waals surface area contributed by atoms with E-state index in [9.17, 15) is 8.42 Å². The summed E-state index contributed by atoms with van der Waals surface area (Å²) in [7, 11) is -3.31. The minimum absolute atomic E-state index is 0.0212. The van der Waals surface area contributed by atoms with Crippen molar-refractivity contribution in [1.82, 2.24) is 4.72 Å². The predicted octanol–water partition coefficient (Wildman–Crippen LogP) is 4.00. The average molecular weight is 370 g/mol. The van der Waals surface area contributed by atoms with E-state index in [4.69, 9.17) is 11.6 Å². The third kappa shape index (κ3) is 6.55. The number of hydrogen-bond donors (Lipinski definition) is 1. The van der Waals surface area contributed by atoms with Crippen LogP contribution in [0.1, 0.15) is 16.7 Å². The molecule has 3 nitrogen and oxygen atoms in total. The van der Waals surface area contributed by atoms with Crippen LogP contribution in [0, 0.1) is 6.92 Å². The lowest BCUT2D eigenvalue weighted by molar-refractivity contribution is 0.583. The van der Waals surface area contributed by atoms with Gasteiger partial charge in [0.15, 0.2) is 0 Å². The minimum atomic E-state index is -3.31. The molecular formula is C17H20ClNO2S2. The molecule has 0 saturated carbocycles. The second kappa shape index (κ2) is 8.73. The van der Waals surface area contributed by atoms with Gasteiger partial charge in [0.1, 0.15) is 0 Å². The van der Waals surface area contributed by atoms with E-state index in [1.807, 2.05) is 12.1 Å². The SMILES string of the molecule is Cc1ccccc1CSCCNS(=O)(=O)Cc1ccc(Cl)cc1. The molecule has 1 N–H and O–H groups in total. The highest BCUT2D eigenvalue weighted by atomic mass is 35.5. The van der Waals surface area contributed by atoms with E-state index in [1.165, 1.54) is 11.1 Å². The predicted molar refractivity (Wildman–Crippen MR) is 99.4 cm³/mol. The van der Waals surface area contributed by atoms with Gasteiger partial charge in [-0.15, -0.1) is 0 Å². The normalized spacial score (nSPS) is 11.6. The number of sulfonamides is 1. The summed E-state index contributed by atoms with van der Waals surface area (Å²) in [6.07, 6.45) is 0. The van der Waals surface area contributed by atoms with Gasteiger partial charge in [0.25, 0.3) is 0 Å². The quantitative estimate of drug-likeness (QED) is 0.715. The van der Waals surface area contributed by atoms with Crippen molar-refractivity contribution in [2.45, 2.75) is 18.4 Å². The van der Waals surface area contributed by atoms with Crippen molar-refractivity contribution >= 4 is 33.4 Å². The number of halogens is 1. The van der Waals surface area contributed by atoms with Crippen LogP contribution < -0.4 is 4.72 Å². The van der Waals surface area contributed by atoms with Gasteiger partial charge in [0.05, 0.1) is 5.75 Å². The van der Waals surface area contributed by atoms with E-state index in [-0.39, 0.29) is 5.75 Å². The van der Waals surface area contributed by atoms with Gasteiger partial charge >= 0.3 is 0 Å². The molecule has 0 unspecified atom stereocenters. The van der Waals surface area contributed by atoms with E-state index < -0.39 is 10.0 Å².